The number of hydrogen-bond donors (Lipinski definition) is 1. The highest BCUT2D eigenvalue weighted by Gasteiger charge is 2.27. The van der Waals surface area contributed by atoms with Gasteiger partial charge in [0.05, 0.1) is 4.90 Å². The van der Waals surface area contributed by atoms with Crippen LogP contribution in [0.25, 0.3) is 0 Å². The second kappa shape index (κ2) is 6.63. The molecule has 1 N–H and O–H groups in total. The minimum absolute atomic E-state index is 0.0177. The molecule has 2 atom stereocenters. The standard InChI is InChI=1S/C18H21NO2S/c20-22(21,18-12-5-2-6-13-18)19-17-11-7-10-16(14-17)15-8-3-1-4-9-15/h1-6,8-9,12-13,16-17,19H,7,10-11,14H2/t16-,17-/m1/s1. The van der Waals surface area contributed by atoms with Gasteiger partial charge >= 0.3 is 0 Å². The van der Waals surface area contributed by atoms with E-state index < -0.39 is 10.0 Å². The molecule has 3 nitrogen and oxygen atoms in total. The Balaban J connectivity index is 1.71. The van der Waals surface area contributed by atoms with Crippen LogP contribution in [0.5, 0.6) is 0 Å². The van der Waals surface area contributed by atoms with Gasteiger partial charge in [-0.25, -0.2) is 13.1 Å². The Morgan fingerprint density at radius 2 is 1.50 bits per heavy atom. The Morgan fingerprint density at radius 1 is 0.864 bits per heavy atom. The highest BCUT2D eigenvalue weighted by Crippen LogP contribution is 2.33. The minimum atomic E-state index is -3.42. The monoisotopic (exact) mass is 315 g/mol. The first-order chi connectivity index (χ1) is 10.6. The van der Waals surface area contributed by atoms with E-state index in [1.54, 1.807) is 24.3 Å². The molecule has 1 fully saturated rings. The van der Waals surface area contributed by atoms with E-state index in [2.05, 4.69) is 16.9 Å². The van der Waals surface area contributed by atoms with Crippen molar-refractivity contribution in [2.24, 2.45) is 0 Å². The van der Waals surface area contributed by atoms with Crippen LogP contribution in [0.4, 0.5) is 0 Å². The van der Waals surface area contributed by atoms with Gasteiger partial charge in [-0.1, -0.05) is 55.0 Å². The predicted octanol–water partition coefficient (Wildman–Crippen LogP) is 3.69. The molecule has 0 aromatic heterocycles. The number of sulfonamides is 1. The molecule has 22 heavy (non-hydrogen) atoms. The van der Waals surface area contributed by atoms with Gasteiger partial charge in [0.15, 0.2) is 0 Å². The normalized spacial score (nSPS) is 22.4. The maximum atomic E-state index is 12.4. The number of hydrogen-bond acceptors (Lipinski definition) is 2. The van der Waals surface area contributed by atoms with Gasteiger partial charge < -0.3 is 0 Å². The van der Waals surface area contributed by atoms with Crippen LogP contribution in [0.2, 0.25) is 0 Å². The Hall–Kier alpha value is -1.65. The molecule has 0 heterocycles. The number of benzene rings is 2. The summed E-state index contributed by atoms with van der Waals surface area (Å²) in [5, 5.41) is 0. The molecule has 1 saturated carbocycles. The van der Waals surface area contributed by atoms with E-state index in [4.69, 9.17) is 0 Å². The molecule has 4 heteroatoms. The zero-order chi connectivity index (χ0) is 15.4. The lowest BCUT2D eigenvalue weighted by atomic mass is 9.82. The molecule has 2 aromatic rings. The van der Waals surface area contributed by atoms with Crippen LogP contribution in [0.3, 0.4) is 0 Å². The zero-order valence-electron chi connectivity index (χ0n) is 12.5. The molecule has 0 amide bonds. The van der Waals surface area contributed by atoms with E-state index in [0.29, 0.717) is 10.8 Å². The largest absolute Gasteiger partial charge is 0.240 e. The van der Waals surface area contributed by atoms with Crippen LogP contribution in [-0.4, -0.2) is 14.5 Å². The lowest BCUT2D eigenvalue weighted by molar-refractivity contribution is 0.371. The summed E-state index contributed by atoms with van der Waals surface area (Å²) in [5.41, 5.74) is 1.31. The summed E-state index contributed by atoms with van der Waals surface area (Å²) in [6, 6.07) is 19.0. The molecule has 0 saturated heterocycles. The molecule has 116 valence electrons. The lowest BCUT2D eigenvalue weighted by Gasteiger charge is -2.30. The van der Waals surface area contributed by atoms with E-state index in [9.17, 15) is 8.42 Å². The van der Waals surface area contributed by atoms with Crippen molar-refractivity contribution in [2.45, 2.75) is 42.5 Å². The average Bonchev–Trinajstić information content (AvgIpc) is 2.56. The van der Waals surface area contributed by atoms with Crippen LogP contribution in [0.15, 0.2) is 65.6 Å². The van der Waals surface area contributed by atoms with Crippen LogP contribution >= 0.6 is 0 Å². The molecule has 0 aliphatic heterocycles. The van der Waals surface area contributed by atoms with Crippen molar-refractivity contribution in [1.82, 2.24) is 4.72 Å². The summed E-state index contributed by atoms with van der Waals surface area (Å²) in [6.45, 7) is 0. The van der Waals surface area contributed by atoms with E-state index in [1.165, 1.54) is 5.56 Å². The highest BCUT2D eigenvalue weighted by molar-refractivity contribution is 7.89. The van der Waals surface area contributed by atoms with Crippen molar-refractivity contribution < 1.29 is 8.42 Å². The van der Waals surface area contributed by atoms with Gasteiger partial charge in [-0.15, -0.1) is 0 Å². The van der Waals surface area contributed by atoms with Gasteiger partial charge in [-0.05, 0) is 42.9 Å². The quantitative estimate of drug-likeness (QED) is 0.935. The summed E-state index contributed by atoms with van der Waals surface area (Å²) in [7, 11) is -3.42. The lowest BCUT2D eigenvalue weighted by Crippen LogP contribution is -2.37. The Kier molecular flexibility index (Phi) is 4.60. The van der Waals surface area contributed by atoms with Crippen molar-refractivity contribution in [3.63, 3.8) is 0 Å². The first-order valence-electron chi connectivity index (χ1n) is 7.77. The summed E-state index contributed by atoms with van der Waals surface area (Å²) < 4.78 is 27.7. The van der Waals surface area contributed by atoms with Crippen LogP contribution < -0.4 is 4.72 Å². The molecule has 1 aliphatic carbocycles. The molecule has 0 bridgehead atoms. The van der Waals surface area contributed by atoms with Gasteiger partial charge in [-0.2, -0.15) is 0 Å². The van der Waals surface area contributed by atoms with E-state index in [-0.39, 0.29) is 6.04 Å². The van der Waals surface area contributed by atoms with Gasteiger partial charge in [-0.3, -0.25) is 0 Å². The van der Waals surface area contributed by atoms with Crippen molar-refractivity contribution in [3.8, 4) is 0 Å². The van der Waals surface area contributed by atoms with Crippen molar-refractivity contribution in [2.75, 3.05) is 0 Å². The van der Waals surface area contributed by atoms with Gasteiger partial charge in [0.25, 0.3) is 0 Å². The number of nitrogens with one attached hydrogen (secondary N) is 1. The summed E-state index contributed by atoms with van der Waals surface area (Å²) in [4.78, 5) is 0.344. The van der Waals surface area contributed by atoms with Gasteiger partial charge in [0.1, 0.15) is 0 Å². The van der Waals surface area contributed by atoms with Gasteiger partial charge in [0, 0.05) is 6.04 Å². The number of rotatable bonds is 4. The molecule has 0 spiro atoms. The third-order valence-corrected chi connectivity index (χ3v) is 5.86. The Labute approximate surface area is 132 Å². The van der Waals surface area contributed by atoms with E-state index >= 15 is 0 Å². The van der Waals surface area contributed by atoms with E-state index in [0.717, 1.165) is 25.7 Å². The second-order valence-electron chi connectivity index (χ2n) is 5.91. The van der Waals surface area contributed by atoms with Crippen LogP contribution in [-0.2, 0) is 10.0 Å². The zero-order valence-corrected chi connectivity index (χ0v) is 13.3. The van der Waals surface area contributed by atoms with Gasteiger partial charge in [0.2, 0.25) is 10.0 Å². The average molecular weight is 315 g/mol. The summed E-state index contributed by atoms with van der Waals surface area (Å²) in [5.74, 6) is 0.443. The Bertz CT molecular complexity index is 698. The topological polar surface area (TPSA) is 46.2 Å². The predicted molar refractivity (Wildman–Crippen MR) is 88.2 cm³/mol. The molecule has 3 rings (SSSR count). The van der Waals surface area contributed by atoms with Crippen molar-refractivity contribution in [1.29, 1.82) is 0 Å². The molecular formula is C18H21NO2S. The highest BCUT2D eigenvalue weighted by atomic mass is 32.2. The summed E-state index contributed by atoms with van der Waals surface area (Å²) >= 11 is 0. The molecular weight excluding hydrogens is 294 g/mol. The first kappa shape index (κ1) is 15.3. The van der Waals surface area contributed by atoms with Crippen molar-refractivity contribution in [3.05, 3.63) is 66.2 Å². The maximum absolute atomic E-state index is 12.4. The smallest absolute Gasteiger partial charge is 0.208 e. The molecule has 0 unspecified atom stereocenters. The van der Waals surface area contributed by atoms with Crippen LogP contribution in [0, 0.1) is 0 Å². The fraction of sp³-hybridized carbons (Fsp3) is 0.333. The fourth-order valence-corrected chi connectivity index (χ4v) is 4.52. The fourth-order valence-electron chi connectivity index (χ4n) is 3.21. The van der Waals surface area contributed by atoms with Crippen molar-refractivity contribution >= 4 is 10.0 Å². The molecule has 1 aliphatic rings. The summed E-state index contributed by atoms with van der Waals surface area (Å²) in [6.07, 6.45) is 3.97. The first-order valence-corrected chi connectivity index (χ1v) is 9.26. The Morgan fingerprint density at radius 3 is 2.18 bits per heavy atom. The second-order valence-corrected chi connectivity index (χ2v) is 7.62. The molecule has 2 aromatic carbocycles. The van der Waals surface area contributed by atoms with Crippen LogP contribution in [0.1, 0.15) is 37.2 Å². The third-order valence-electron chi connectivity index (χ3n) is 4.32. The minimum Gasteiger partial charge on any atom is -0.208 e. The molecule has 0 radical (unpaired) electrons. The SMILES string of the molecule is O=S(=O)(N[C@@H]1CCC[C@@H](c2ccccc2)C1)c1ccccc1. The third kappa shape index (κ3) is 3.57. The van der Waals surface area contributed by atoms with E-state index in [1.807, 2.05) is 24.3 Å². The maximum Gasteiger partial charge on any atom is 0.240 e.